The topological polar surface area (TPSA) is 92.1 Å². The molecule has 0 saturated carbocycles. The highest BCUT2D eigenvalue weighted by atomic mass is 15.2. The quantitative estimate of drug-likeness (QED) is 0.128. The average molecular weight is 1760 g/mol. The maximum absolute atomic E-state index is 5.42. The number of hydrogen-bond acceptors (Lipinski definition) is 6. The van der Waals surface area contributed by atoms with Crippen LogP contribution in [0.5, 0.6) is 0 Å². The van der Waals surface area contributed by atoms with Crippen molar-refractivity contribution >= 4 is 130 Å². The Morgan fingerprint density at radius 3 is 0.841 bits per heavy atom. The standard InChI is InChI=1S/C45H31N3.2C42H27N3/c1-45(2)37-17-9-6-14-33(37)34-24-21-31(27-38(34)45)43-35-15-7-10-18-39(35)46-44(47-43)48-40-19-11-8-16-36(40)42-32-23-20-29(28-12-4-3-5-13-28)26-30(32)22-25-41(42)48;1-3-12-28(13-4-1)30-16-11-17-33(27-30)41-35-18-7-9-20-37(35)43-42(44-41)45-38-21-10-8-19-36(38)40-34-24-22-31(29-14-5-2-6-15-29)26-32(34)23-25-39(40)45;1-3-11-28(12-4-1)30-19-21-31(22-20-30)41-35-15-7-9-17-37(35)43-42(44-41)45-38-18-10-8-16-36(38)40-34-25-23-32(29-13-5-2-6-14-29)27-33(34)24-26-39(40)45/h3-27H,1-2H3;2*1-27H. The van der Waals surface area contributed by atoms with Crippen LogP contribution in [0.15, 0.2) is 479 Å². The molecule has 0 aliphatic heterocycles. The first-order chi connectivity index (χ1) is 68.2. The monoisotopic (exact) mass is 1760 g/mol. The van der Waals surface area contributed by atoms with E-state index in [0.717, 1.165) is 105 Å². The van der Waals surface area contributed by atoms with Crippen molar-refractivity contribution in [3.8, 4) is 118 Å². The van der Waals surface area contributed by atoms with Crippen LogP contribution < -0.4 is 0 Å². The predicted octanol–water partition coefficient (Wildman–Crippen LogP) is 33.3. The molecule has 9 heteroatoms. The van der Waals surface area contributed by atoms with E-state index >= 15 is 0 Å². The lowest BCUT2D eigenvalue weighted by Crippen LogP contribution is -2.15. The van der Waals surface area contributed by atoms with Gasteiger partial charge in [0.25, 0.3) is 0 Å². The molecule has 27 aromatic rings. The molecule has 0 radical (unpaired) electrons. The molecule has 1 aliphatic rings. The average Bonchev–Trinajstić information content (AvgIpc) is 1.60. The zero-order valence-electron chi connectivity index (χ0n) is 75.6. The molecule has 646 valence electrons. The molecule has 0 saturated heterocycles. The van der Waals surface area contributed by atoms with Crippen molar-refractivity contribution < 1.29 is 0 Å². The fourth-order valence-corrected chi connectivity index (χ4v) is 21.4. The molecule has 0 spiro atoms. The summed E-state index contributed by atoms with van der Waals surface area (Å²) >= 11 is 0. The number of fused-ring (bicyclic) bond motifs is 21. The number of benzene rings is 21. The number of aromatic nitrogens is 9. The summed E-state index contributed by atoms with van der Waals surface area (Å²) in [6.45, 7) is 4.66. The van der Waals surface area contributed by atoms with Crippen LogP contribution in [0.1, 0.15) is 25.0 Å². The van der Waals surface area contributed by atoms with Gasteiger partial charge in [-0.25, -0.2) is 29.9 Å². The third kappa shape index (κ3) is 13.8. The summed E-state index contributed by atoms with van der Waals surface area (Å²) in [4.78, 5) is 31.6. The number of nitrogens with zero attached hydrogens (tertiary/aromatic N) is 9. The first-order valence-electron chi connectivity index (χ1n) is 47.1. The normalized spacial score (nSPS) is 12.2. The summed E-state index contributed by atoms with van der Waals surface area (Å²) in [5, 5.41) is 17.7. The predicted molar refractivity (Wildman–Crippen MR) is 575 cm³/mol. The van der Waals surface area contributed by atoms with Crippen LogP contribution in [0.2, 0.25) is 0 Å². The van der Waals surface area contributed by atoms with E-state index in [4.69, 9.17) is 29.9 Å². The Bertz CT molecular complexity index is 9540. The molecule has 6 aromatic heterocycles. The van der Waals surface area contributed by atoms with Gasteiger partial charge in [0.05, 0.1) is 66.7 Å². The fraction of sp³-hybridized carbons (Fsp3) is 0.0233. The van der Waals surface area contributed by atoms with Crippen LogP contribution in [0.25, 0.3) is 249 Å². The van der Waals surface area contributed by atoms with Gasteiger partial charge in [-0.15, -0.1) is 0 Å². The minimum atomic E-state index is -0.0954. The van der Waals surface area contributed by atoms with E-state index in [-0.39, 0.29) is 5.41 Å². The van der Waals surface area contributed by atoms with Crippen LogP contribution >= 0.6 is 0 Å². The number of hydrogen-bond donors (Lipinski definition) is 0. The molecule has 21 aromatic carbocycles. The Balaban J connectivity index is 0.000000107. The highest BCUT2D eigenvalue weighted by molar-refractivity contribution is 6.25. The second kappa shape index (κ2) is 33.2. The Labute approximate surface area is 796 Å². The van der Waals surface area contributed by atoms with E-state index in [9.17, 15) is 0 Å². The maximum Gasteiger partial charge on any atom is 0.235 e. The molecule has 138 heavy (non-hydrogen) atoms. The van der Waals surface area contributed by atoms with Crippen molar-refractivity contribution in [3.05, 3.63) is 490 Å². The number of para-hydroxylation sites is 6. The first-order valence-corrected chi connectivity index (χ1v) is 47.1. The minimum absolute atomic E-state index is 0.0954. The Morgan fingerprint density at radius 2 is 0.442 bits per heavy atom. The van der Waals surface area contributed by atoms with Crippen LogP contribution in [0.4, 0.5) is 0 Å². The molecular formula is C129H85N9. The summed E-state index contributed by atoms with van der Waals surface area (Å²) < 4.78 is 6.70. The fourth-order valence-electron chi connectivity index (χ4n) is 21.4. The molecule has 28 rings (SSSR count). The van der Waals surface area contributed by atoms with E-state index in [1.165, 1.54) is 137 Å². The molecule has 0 N–H and O–H groups in total. The van der Waals surface area contributed by atoms with Crippen LogP contribution in [-0.4, -0.2) is 43.6 Å². The Morgan fingerprint density at radius 1 is 0.167 bits per heavy atom. The van der Waals surface area contributed by atoms with Gasteiger partial charge in [-0.3, -0.25) is 13.7 Å². The van der Waals surface area contributed by atoms with E-state index in [0.29, 0.717) is 17.8 Å². The molecule has 0 unspecified atom stereocenters. The molecular weight excluding hydrogens is 1680 g/mol. The van der Waals surface area contributed by atoms with Crippen molar-refractivity contribution in [2.45, 2.75) is 19.3 Å². The van der Waals surface area contributed by atoms with Gasteiger partial charge < -0.3 is 0 Å². The summed E-state index contributed by atoms with van der Waals surface area (Å²) in [5.74, 6) is 2.01. The second-order valence-corrected chi connectivity index (χ2v) is 36.3. The zero-order chi connectivity index (χ0) is 91.5. The van der Waals surface area contributed by atoms with Gasteiger partial charge in [-0.1, -0.05) is 408 Å². The SMILES string of the molecule is CC1(C)c2ccccc2-c2ccc(-c3nc(-n4c5ccccc5c5c6ccc(-c7ccccc7)cc6ccc54)nc4ccccc34)cc21.c1ccc(-c2ccc(-c3nc(-n4c5ccccc5c5c6ccc(-c7ccccc7)cc6ccc54)nc4ccccc34)cc2)cc1.c1ccc(-c2cccc(-c3nc(-n4c5ccccc5c5c6ccc(-c7ccccc7)cc6ccc54)nc4ccccc34)c2)cc1. The highest BCUT2D eigenvalue weighted by Crippen LogP contribution is 2.51. The minimum Gasteiger partial charge on any atom is -0.278 e. The summed E-state index contributed by atoms with van der Waals surface area (Å²) in [6.07, 6.45) is 0. The summed E-state index contributed by atoms with van der Waals surface area (Å²) in [7, 11) is 0. The van der Waals surface area contributed by atoms with Crippen LogP contribution in [-0.2, 0) is 5.41 Å². The zero-order valence-corrected chi connectivity index (χ0v) is 75.6. The van der Waals surface area contributed by atoms with Gasteiger partial charge in [-0.2, -0.15) is 0 Å². The van der Waals surface area contributed by atoms with Gasteiger partial charge in [0.15, 0.2) is 0 Å². The highest BCUT2D eigenvalue weighted by Gasteiger charge is 2.36. The van der Waals surface area contributed by atoms with Gasteiger partial charge in [-0.05, 0) is 195 Å². The van der Waals surface area contributed by atoms with E-state index < -0.39 is 0 Å². The molecule has 0 bridgehead atoms. The van der Waals surface area contributed by atoms with E-state index in [1.54, 1.807) is 0 Å². The van der Waals surface area contributed by atoms with Crippen molar-refractivity contribution in [2.24, 2.45) is 0 Å². The lowest BCUT2D eigenvalue weighted by Gasteiger charge is -2.22. The number of rotatable bonds is 11. The molecule has 0 amide bonds. The Hall–Kier alpha value is -18.2. The largest absolute Gasteiger partial charge is 0.278 e. The lowest BCUT2D eigenvalue weighted by atomic mass is 9.82. The molecule has 1 aliphatic carbocycles. The Kier molecular flexibility index (Phi) is 19.4. The molecule has 9 nitrogen and oxygen atoms in total. The third-order valence-electron chi connectivity index (χ3n) is 28.0. The maximum atomic E-state index is 5.42. The van der Waals surface area contributed by atoms with Crippen molar-refractivity contribution in [1.82, 2.24) is 43.6 Å². The van der Waals surface area contributed by atoms with Gasteiger partial charge in [0, 0.05) is 70.6 Å². The van der Waals surface area contributed by atoms with Gasteiger partial charge >= 0.3 is 0 Å². The van der Waals surface area contributed by atoms with E-state index in [1.807, 2.05) is 18.2 Å². The van der Waals surface area contributed by atoms with Gasteiger partial charge in [0.1, 0.15) is 0 Å². The van der Waals surface area contributed by atoms with Crippen LogP contribution in [0, 0.1) is 0 Å². The van der Waals surface area contributed by atoms with Crippen molar-refractivity contribution in [3.63, 3.8) is 0 Å². The molecule has 0 fully saturated rings. The first kappa shape index (κ1) is 80.7. The third-order valence-corrected chi connectivity index (χ3v) is 28.0. The summed E-state index contributed by atoms with van der Waals surface area (Å²) in [5.41, 5.74) is 32.6. The smallest absolute Gasteiger partial charge is 0.235 e. The second-order valence-electron chi connectivity index (χ2n) is 36.3. The molecule has 6 heterocycles. The van der Waals surface area contributed by atoms with Crippen molar-refractivity contribution in [1.29, 1.82) is 0 Å². The lowest BCUT2D eigenvalue weighted by molar-refractivity contribution is 0.660. The summed E-state index contributed by atoms with van der Waals surface area (Å²) in [6, 6.07) is 170. The van der Waals surface area contributed by atoms with Gasteiger partial charge in [0.2, 0.25) is 17.8 Å². The van der Waals surface area contributed by atoms with Crippen LogP contribution in [0.3, 0.4) is 0 Å². The van der Waals surface area contributed by atoms with E-state index in [2.05, 4.69) is 489 Å². The van der Waals surface area contributed by atoms with Crippen molar-refractivity contribution in [2.75, 3.05) is 0 Å². The molecule has 0 atom stereocenters.